The number of halogens is 3. The SMILES string of the molecule is COc1ccc(CC(=O)NC(N)=N[C@H](CC(C)C)C(=O)N[C@@H]2CCc3ccccc32)cc1OC.O=C(O)C(F)(F)F. The van der Waals surface area contributed by atoms with Crippen molar-refractivity contribution in [3.05, 3.63) is 59.2 Å². The van der Waals surface area contributed by atoms with Crippen LogP contribution in [0.5, 0.6) is 11.5 Å². The highest BCUT2D eigenvalue weighted by atomic mass is 19.4. The second-order valence-electron chi connectivity index (χ2n) is 9.68. The van der Waals surface area contributed by atoms with Crippen LogP contribution in [-0.4, -0.2) is 55.3 Å². The van der Waals surface area contributed by atoms with E-state index in [0.717, 1.165) is 24.0 Å². The molecule has 3 rings (SSSR count). The Kier molecular flexibility index (Phi) is 12.0. The number of nitrogens with two attached hydrogens (primary N) is 1. The Balaban J connectivity index is 0.000000745. The molecule has 2 aromatic rings. The van der Waals surface area contributed by atoms with Gasteiger partial charge in [-0.05, 0) is 54.0 Å². The van der Waals surface area contributed by atoms with Crippen molar-refractivity contribution >= 4 is 23.7 Å². The number of aryl methyl sites for hydroxylation is 1. The molecule has 2 aromatic carbocycles. The fourth-order valence-corrected chi connectivity index (χ4v) is 4.20. The number of benzene rings is 2. The first-order valence-electron chi connectivity index (χ1n) is 12.8. The molecule has 41 heavy (non-hydrogen) atoms. The van der Waals surface area contributed by atoms with Crippen molar-refractivity contribution in [2.24, 2.45) is 16.6 Å². The van der Waals surface area contributed by atoms with Crippen LogP contribution in [0.1, 0.15) is 49.4 Å². The van der Waals surface area contributed by atoms with E-state index in [-0.39, 0.29) is 36.2 Å². The topological polar surface area (TPSA) is 152 Å². The van der Waals surface area contributed by atoms with Gasteiger partial charge in [-0.25, -0.2) is 9.79 Å². The number of carboxylic acid groups (broad SMARTS) is 1. The number of rotatable bonds is 9. The maximum absolute atomic E-state index is 13.1. The molecule has 0 heterocycles. The quantitative estimate of drug-likeness (QED) is 0.262. The average Bonchev–Trinajstić information content (AvgIpc) is 3.30. The summed E-state index contributed by atoms with van der Waals surface area (Å²) in [6.45, 7) is 4.04. The molecule has 0 aliphatic heterocycles. The lowest BCUT2D eigenvalue weighted by atomic mass is 10.0. The highest BCUT2D eigenvalue weighted by molar-refractivity contribution is 5.98. The van der Waals surface area contributed by atoms with E-state index in [9.17, 15) is 22.8 Å². The van der Waals surface area contributed by atoms with Crippen LogP contribution in [-0.2, 0) is 27.2 Å². The van der Waals surface area contributed by atoms with E-state index in [0.29, 0.717) is 17.9 Å². The van der Waals surface area contributed by atoms with E-state index in [1.807, 2.05) is 26.0 Å². The summed E-state index contributed by atoms with van der Waals surface area (Å²) < 4.78 is 42.2. The standard InChI is InChI=1S/C26H34N4O4.C2HF3O2/c1-16(2)13-21(25(32)28-20-11-10-18-7-5-6-8-19(18)20)29-26(27)30-24(31)15-17-9-12-22(33-3)23(14-17)34-4;3-2(4,5)1(6)7/h5-9,12,14,16,20-21H,10-11,13,15H2,1-4H3,(H,28,32)(H3,27,29,30,31);(H,6,7)/t20-,21-;/m1./s1. The van der Waals surface area contributed by atoms with E-state index in [4.69, 9.17) is 25.1 Å². The number of carbonyl (C=O) groups is 3. The number of fused-ring (bicyclic) bond motifs is 1. The Morgan fingerprint density at radius 2 is 1.73 bits per heavy atom. The van der Waals surface area contributed by atoms with Crippen molar-refractivity contribution in [2.75, 3.05) is 14.2 Å². The van der Waals surface area contributed by atoms with Gasteiger partial charge in [0.15, 0.2) is 17.5 Å². The molecule has 1 aliphatic rings. The monoisotopic (exact) mass is 580 g/mol. The highest BCUT2D eigenvalue weighted by Crippen LogP contribution is 2.31. The van der Waals surface area contributed by atoms with Gasteiger partial charge in [0.05, 0.1) is 26.7 Å². The number of alkyl halides is 3. The van der Waals surface area contributed by atoms with Crippen molar-refractivity contribution in [3.8, 4) is 11.5 Å². The summed E-state index contributed by atoms with van der Waals surface area (Å²) >= 11 is 0. The van der Waals surface area contributed by atoms with Crippen LogP contribution in [0.25, 0.3) is 0 Å². The zero-order valence-electron chi connectivity index (χ0n) is 23.2. The number of nitrogens with zero attached hydrogens (tertiary/aromatic N) is 1. The Morgan fingerprint density at radius 1 is 1.10 bits per heavy atom. The van der Waals surface area contributed by atoms with Gasteiger partial charge in [0, 0.05) is 0 Å². The molecule has 0 fully saturated rings. The number of aliphatic imine (C=N–C) groups is 1. The third-order valence-electron chi connectivity index (χ3n) is 6.06. The lowest BCUT2D eigenvalue weighted by Crippen LogP contribution is -2.42. The molecule has 10 nitrogen and oxygen atoms in total. The van der Waals surface area contributed by atoms with Gasteiger partial charge in [0.25, 0.3) is 0 Å². The van der Waals surface area contributed by atoms with Gasteiger partial charge in [0.2, 0.25) is 11.8 Å². The van der Waals surface area contributed by atoms with Crippen LogP contribution in [0.4, 0.5) is 13.2 Å². The highest BCUT2D eigenvalue weighted by Gasteiger charge is 2.38. The molecule has 0 aromatic heterocycles. The van der Waals surface area contributed by atoms with E-state index in [1.165, 1.54) is 12.7 Å². The smallest absolute Gasteiger partial charge is 0.490 e. The predicted molar refractivity (Wildman–Crippen MR) is 146 cm³/mol. The van der Waals surface area contributed by atoms with Crippen LogP contribution in [0.15, 0.2) is 47.5 Å². The number of methoxy groups -OCH3 is 2. The first-order chi connectivity index (χ1) is 19.2. The molecule has 0 unspecified atom stereocenters. The summed E-state index contributed by atoms with van der Waals surface area (Å²) in [7, 11) is 3.09. The molecule has 0 spiro atoms. The first-order valence-corrected chi connectivity index (χ1v) is 12.8. The number of hydrogen-bond donors (Lipinski definition) is 4. The summed E-state index contributed by atoms with van der Waals surface area (Å²) in [6, 6.07) is 12.7. The second-order valence-corrected chi connectivity index (χ2v) is 9.68. The normalized spacial score (nSPS) is 15.2. The summed E-state index contributed by atoms with van der Waals surface area (Å²) in [5.74, 6) is -2.00. The van der Waals surface area contributed by atoms with E-state index < -0.39 is 18.2 Å². The summed E-state index contributed by atoms with van der Waals surface area (Å²) in [6.07, 6.45) is -2.68. The molecule has 13 heteroatoms. The minimum absolute atomic E-state index is 0.0329. The van der Waals surface area contributed by atoms with Crippen molar-refractivity contribution in [3.63, 3.8) is 0 Å². The number of nitrogens with one attached hydrogen (secondary N) is 2. The molecular formula is C28H35F3N4O6. The molecule has 224 valence electrons. The molecule has 2 atom stereocenters. The van der Waals surface area contributed by atoms with Crippen LogP contribution < -0.4 is 25.8 Å². The lowest BCUT2D eigenvalue weighted by Gasteiger charge is -2.20. The Morgan fingerprint density at radius 3 is 2.32 bits per heavy atom. The van der Waals surface area contributed by atoms with Gasteiger partial charge < -0.3 is 25.6 Å². The maximum atomic E-state index is 13.1. The van der Waals surface area contributed by atoms with Crippen molar-refractivity contribution in [1.29, 1.82) is 0 Å². The van der Waals surface area contributed by atoms with Gasteiger partial charge in [0.1, 0.15) is 6.04 Å². The van der Waals surface area contributed by atoms with Crippen molar-refractivity contribution in [2.45, 2.75) is 57.8 Å². The maximum Gasteiger partial charge on any atom is 0.490 e. The van der Waals surface area contributed by atoms with Crippen molar-refractivity contribution < 1.29 is 42.1 Å². The fraction of sp³-hybridized carbons (Fsp3) is 0.429. The van der Waals surface area contributed by atoms with Gasteiger partial charge in [-0.1, -0.05) is 44.2 Å². The molecule has 0 saturated carbocycles. The lowest BCUT2D eigenvalue weighted by molar-refractivity contribution is -0.192. The second kappa shape index (κ2) is 14.9. The van der Waals surface area contributed by atoms with E-state index in [1.54, 1.807) is 25.3 Å². The Hall–Kier alpha value is -4.29. The van der Waals surface area contributed by atoms with Crippen LogP contribution in [0.2, 0.25) is 0 Å². The summed E-state index contributed by atoms with van der Waals surface area (Å²) in [5, 5.41) is 12.8. The number of aliphatic carboxylic acids is 1. The number of carbonyl (C=O) groups excluding carboxylic acids is 2. The van der Waals surface area contributed by atoms with E-state index >= 15 is 0 Å². The minimum atomic E-state index is -5.08. The number of hydrogen-bond acceptors (Lipinski definition) is 6. The third-order valence-corrected chi connectivity index (χ3v) is 6.06. The first kappa shape index (κ1) is 32.9. The summed E-state index contributed by atoms with van der Waals surface area (Å²) in [5.41, 5.74) is 9.17. The molecule has 5 N–H and O–H groups in total. The van der Waals surface area contributed by atoms with Gasteiger partial charge in [-0.15, -0.1) is 0 Å². The molecule has 1 aliphatic carbocycles. The molecule has 0 radical (unpaired) electrons. The van der Waals surface area contributed by atoms with Crippen LogP contribution in [0, 0.1) is 5.92 Å². The van der Waals surface area contributed by atoms with Crippen LogP contribution in [0.3, 0.4) is 0 Å². The zero-order valence-corrected chi connectivity index (χ0v) is 23.2. The molecule has 0 saturated heterocycles. The van der Waals surface area contributed by atoms with Gasteiger partial charge >= 0.3 is 12.1 Å². The predicted octanol–water partition coefficient (Wildman–Crippen LogP) is 3.53. The molecular weight excluding hydrogens is 545 g/mol. The van der Waals surface area contributed by atoms with Crippen molar-refractivity contribution in [1.82, 2.24) is 10.6 Å². The average molecular weight is 581 g/mol. The Labute approximate surface area is 236 Å². The largest absolute Gasteiger partial charge is 0.493 e. The number of ether oxygens (including phenoxy) is 2. The van der Waals surface area contributed by atoms with Gasteiger partial charge in [-0.3, -0.25) is 14.9 Å². The van der Waals surface area contributed by atoms with E-state index in [2.05, 4.69) is 27.8 Å². The van der Waals surface area contributed by atoms with Gasteiger partial charge in [-0.2, -0.15) is 13.2 Å². The number of guanidine groups is 1. The minimum Gasteiger partial charge on any atom is -0.493 e. The van der Waals surface area contributed by atoms with Crippen LogP contribution >= 0.6 is 0 Å². The number of carboxylic acids is 1. The fourth-order valence-electron chi connectivity index (χ4n) is 4.20. The Bertz CT molecular complexity index is 1250. The third kappa shape index (κ3) is 10.3. The molecule has 2 amide bonds. The number of amides is 2. The summed E-state index contributed by atoms with van der Waals surface area (Å²) in [4.78, 5) is 38.9. The zero-order chi connectivity index (χ0) is 30.7. The molecule has 0 bridgehead atoms.